The third-order valence-corrected chi connectivity index (χ3v) is 4.91. The number of imidazole rings is 1. The molecule has 1 saturated carbocycles. The molecule has 3 rings (SSSR count). The van der Waals surface area contributed by atoms with E-state index < -0.39 is 0 Å². The number of fused-ring (bicyclic) bond motifs is 1. The fraction of sp³-hybridized carbons (Fsp3) is 0.588. The lowest BCUT2D eigenvalue weighted by atomic mass is 9.82. The Morgan fingerprint density at radius 2 is 2.00 bits per heavy atom. The summed E-state index contributed by atoms with van der Waals surface area (Å²) in [5.41, 5.74) is 2.27. The molecule has 0 saturated heterocycles. The van der Waals surface area contributed by atoms with Crippen LogP contribution in [0.5, 0.6) is 5.75 Å². The molecule has 1 aromatic heterocycles. The summed E-state index contributed by atoms with van der Waals surface area (Å²) in [5, 5.41) is -0.0952. The number of methoxy groups -OCH3 is 1. The minimum Gasteiger partial charge on any atom is -0.497 e. The van der Waals surface area contributed by atoms with E-state index in [0.717, 1.165) is 17.1 Å². The zero-order valence-electron chi connectivity index (χ0n) is 13.0. The summed E-state index contributed by atoms with van der Waals surface area (Å²) < 4.78 is 7.71. The number of nitrogens with zero attached hydrogens (tertiary/aromatic N) is 2. The van der Waals surface area contributed by atoms with Gasteiger partial charge >= 0.3 is 0 Å². The third kappa shape index (κ3) is 2.52. The van der Waals surface area contributed by atoms with E-state index in [2.05, 4.69) is 17.6 Å². The Morgan fingerprint density at radius 1 is 1.29 bits per heavy atom. The normalized spacial score (nSPS) is 19.6. The number of aromatic nitrogens is 2. The van der Waals surface area contributed by atoms with Gasteiger partial charge in [0, 0.05) is 11.6 Å². The molecule has 0 N–H and O–H groups in total. The number of alkyl halides is 1. The highest BCUT2D eigenvalue weighted by Crippen LogP contribution is 2.40. The van der Waals surface area contributed by atoms with Crippen molar-refractivity contribution in [2.75, 3.05) is 7.11 Å². The van der Waals surface area contributed by atoms with E-state index in [9.17, 15) is 0 Å². The Bertz CT molecular complexity index is 642. The second kappa shape index (κ2) is 5.53. The van der Waals surface area contributed by atoms with Gasteiger partial charge in [-0.2, -0.15) is 0 Å². The number of hydrogen-bond donors (Lipinski definition) is 0. The molecule has 1 fully saturated rings. The number of benzene rings is 1. The van der Waals surface area contributed by atoms with E-state index >= 15 is 0 Å². The molecule has 1 unspecified atom stereocenters. The number of rotatable bonds is 3. The molecule has 0 spiro atoms. The zero-order valence-corrected chi connectivity index (χ0v) is 13.8. The van der Waals surface area contributed by atoms with Gasteiger partial charge in [-0.05, 0) is 38.8 Å². The van der Waals surface area contributed by atoms with Gasteiger partial charge in [-0.15, -0.1) is 11.6 Å². The first kappa shape index (κ1) is 14.7. The van der Waals surface area contributed by atoms with Crippen LogP contribution in [0.4, 0.5) is 0 Å². The van der Waals surface area contributed by atoms with Gasteiger partial charge in [-0.3, -0.25) is 0 Å². The van der Waals surface area contributed by atoms with E-state index in [1.165, 1.54) is 37.6 Å². The van der Waals surface area contributed by atoms with Crippen molar-refractivity contribution in [2.24, 2.45) is 0 Å². The number of halogens is 1. The minimum absolute atomic E-state index is 0.0952. The number of ether oxygens (including phenoxy) is 1. The zero-order chi connectivity index (χ0) is 15.0. The summed E-state index contributed by atoms with van der Waals surface area (Å²) in [5.74, 6) is 1.82. The fourth-order valence-electron chi connectivity index (χ4n) is 3.58. The van der Waals surface area contributed by atoms with Crippen LogP contribution in [-0.2, 0) is 5.54 Å². The maximum atomic E-state index is 6.42. The Hall–Kier alpha value is -1.22. The maximum Gasteiger partial charge on any atom is 0.128 e. The van der Waals surface area contributed by atoms with Gasteiger partial charge < -0.3 is 9.30 Å². The van der Waals surface area contributed by atoms with Crippen molar-refractivity contribution in [3.05, 3.63) is 24.0 Å². The first-order valence-electron chi connectivity index (χ1n) is 7.76. The monoisotopic (exact) mass is 306 g/mol. The van der Waals surface area contributed by atoms with E-state index in [0.29, 0.717) is 0 Å². The molecular formula is C17H23ClN2O. The largest absolute Gasteiger partial charge is 0.497 e. The molecule has 21 heavy (non-hydrogen) atoms. The second-order valence-electron chi connectivity index (χ2n) is 6.33. The Morgan fingerprint density at radius 3 is 2.62 bits per heavy atom. The molecule has 2 aromatic rings. The lowest BCUT2D eigenvalue weighted by Crippen LogP contribution is -2.34. The molecule has 0 amide bonds. The average molecular weight is 307 g/mol. The van der Waals surface area contributed by atoms with E-state index in [1.54, 1.807) is 7.11 Å². The van der Waals surface area contributed by atoms with Crippen molar-refractivity contribution in [1.29, 1.82) is 0 Å². The van der Waals surface area contributed by atoms with Crippen LogP contribution in [-0.4, -0.2) is 16.7 Å². The van der Waals surface area contributed by atoms with Gasteiger partial charge in [-0.1, -0.05) is 19.3 Å². The highest BCUT2D eigenvalue weighted by atomic mass is 35.5. The van der Waals surface area contributed by atoms with E-state index in [-0.39, 0.29) is 10.9 Å². The average Bonchev–Trinajstić information content (AvgIpc) is 2.87. The van der Waals surface area contributed by atoms with Gasteiger partial charge in [0.15, 0.2) is 0 Å². The summed E-state index contributed by atoms with van der Waals surface area (Å²) in [4.78, 5) is 4.79. The summed E-state index contributed by atoms with van der Waals surface area (Å²) in [6.07, 6.45) is 6.29. The lowest BCUT2D eigenvalue weighted by molar-refractivity contribution is 0.219. The lowest BCUT2D eigenvalue weighted by Gasteiger charge is -2.37. The van der Waals surface area contributed by atoms with Crippen molar-refractivity contribution in [3.63, 3.8) is 0 Å². The SMILES string of the molecule is COc1ccc2c(c1)nc(C(C)Cl)n2C1(C)CCCCC1. The van der Waals surface area contributed by atoms with Gasteiger partial charge in [0.1, 0.15) is 11.6 Å². The molecule has 1 aromatic carbocycles. The summed E-state index contributed by atoms with van der Waals surface area (Å²) in [7, 11) is 1.69. The van der Waals surface area contributed by atoms with Gasteiger partial charge in [-0.25, -0.2) is 4.98 Å². The molecule has 1 atom stereocenters. The van der Waals surface area contributed by atoms with Crippen LogP contribution in [0.3, 0.4) is 0 Å². The van der Waals surface area contributed by atoms with Crippen molar-refractivity contribution < 1.29 is 4.74 Å². The topological polar surface area (TPSA) is 27.1 Å². The first-order chi connectivity index (χ1) is 10.0. The quantitative estimate of drug-likeness (QED) is 0.744. The van der Waals surface area contributed by atoms with Crippen molar-refractivity contribution in [3.8, 4) is 5.75 Å². The summed E-state index contributed by atoms with van der Waals surface area (Å²) in [6.45, 7) is 4.35. The van der Waals surface area contributed by atoms with Crippen LogP contribution in [0, 0.1) is 0 Å². The van der Waals surface area contributed by atoms with Crippen molar-refractivity contribution >= 4 is 22.6 Å². The molecule has 3 nitrogen and oxygen atoms in total. The molecule has 0 radical (unpaired) electrons. The molecular weight excluding hydrogens is 284 g/mol. The predicted molar refractivity (Wildman–Crippen MR) is 87.3 cm³/mol. The van der Waals surface area contributed by atoms with Crippen LogP contribution >= 0.6 is 11.6 Å². The van der Waals surface area contributed by atoms with Crippen LogP contribution in [0.2, 0.25) is 0 Å². The Labute approximate surface area is 131 Å². The summed E-state index contributed by atoms with van der Waals surface area (Å²) >= 11 is 6.42. The summed E-state index contributed by atoms with van der Waals surface area (Å²) in [6, 6.07) is 6.12. The van der Waals surface area contributed by atoms with Gasteiger partial charge in [0.2, 0.25) is 0 Å². The first-order valence-corrected chi connectivity index (χ1v) is 8.20. The molecule has 1 aliphatic carbocycles. The van der Waals surface area contributed by atoms with Crippen LogP contribution < -0.4 is 4.74 Å². The molecule has 1 aliphatic rings. The Kier molecular flexibility index (Phi) is 3.87. The van der Waals surface area contributed by atoms with Crippen LogP contribution in [0.15, 0.2) is 18.2 Å². The van der Waals surface area contributed by atoms with Gasteiger partial charge in [0.25, 0.3) is 0 Å². The standard InChI is InChI=1S/C17H23ClN2O/c1-12(18)16-19-14-11-13(21-3)7-8-15(14)20(16)17(2)9-5-4-6-10-17/h7-8,11-12H,4-6,9-10H2,1-3H3. The van der Waals surface area contributed by atoms with Crippen LogP contribution in [0.1, 0.15) is 57.2 Å². The highest BCUT2D eigenvalue weighted by molar-refractivity contribution is 6.20. The van der Waals surface area contributed by atoms with E-state index in [1.807, 2.05) is 19.1 Å². The minimum atomic E-state index is -0.0952. The second-order valence-corrected chi connectivity index (χ2v) is 6.99. The smallest absolute Gasteiger partial charge is 0.128 e. The predicted octanol–water partition coefficient (Wildman–Crippen LogP) is 5.02. The van der Waals surface area contributed by atoms with Crippen molar-refractivity contribution in [2.45, 2.75) is 56.9 Å². The number of hydrogen-bond acceptors (Lipinski definition) is 2. The molecule has 1 heterocycles. The maximum absolute atomic E-state index is 6.42. The van der Waals surface area contributed by atoms with Crippen molar-refractivity contribution in [1.82, 2.24) is 9.55 Å². The van der Waals surface area contributed by atoms with Gasteiger partial charge in [0.05, 0.1) is 23.5 Å². The third-order valence-electron chi connectivity index (χ3n) is 4.71. The molecule has 4 heteroatoms. The van der Waals surface area contributed by atoms with Crippen LogP contribution in [0.25, 0.3) is 11.0 Å². The molecule has 114 valence electrons. The Balaban J connectivity index is 2.20. The molecule has 0 aliphatic heterocycles. The highest BCUT2D eigenvalue weighted by Gasteiger charge is 2.33. The van der Waals surface area contributed by atoms with E-state index in [4.69, 9.17) is 21.3 Å². The molecule has 0 bridgehead atoms. The fourth-order valence-corrected chi connectivity index (χ4v) is 3.72.